The van der Waals surface area contributed by atoms with E-state index >= 15 is 0 Å². The smallest absolute Gasteiger partial charge is 0.325 e. The molecule has 2 N–H and O–H groups in total. The van der Waals surface area contributed by atoms with Crippen LogP contribution in [0.4, 0.5) is 13.2 Å². The maximum absolute atomic E-state index is 11.3. The second-order valence-electron chi connectivity index (χ2n) is 1.76. The molecule has 5 heteroatoms. The first-order valence-corrected chi connectivity index (χ1v) is 2.43. The molecule has 0 saturated heterocycles. The highest BCUT2D eigenvalue weighted by atomic mass is 35.5. The van der Waals surface area contributed by atoms with Gasteiger partial charge in [0, 0.05) is 12.1 Å². The molecule has 0 saturated carbocycles. The predicted molar refractivity (Wildman–Crippen MR) is 36.1 cm³/mol. The van der Waals surface area contributed by atoms with Crippen LogP contribution in [-0.4, -0.2) is 12.2 Å². The van der Waals surface area contributed by atoms with Crippen LogP contribution >= 0.6 is 12.4 Å². The lowest BCUT2D eigenvalue weighted by Gasteiger charge is -1.98. The summed E-state index contributed by atoms with van der Waals surface area (Å²) in [7, 11) is 0. The summed E-state index contributed by atoms with van der Waals surface area (Å²) < 4.78 is 33.8. The predicted octanol–water partition coefficient (Wildman–Crippen LogP) is 1.87. The monoisotopic (exact) mass is 175 g/mol. The van der Waals surface area contributed by atoms with Crippen molar-refractivity contribution in [1.29, 1.82) is 0 Å². The first-order chi connectivity index (χ1) is 3.92. The van der Waals surface area contributed by atoms with E-state index in [1.807, 2.05) is 0 Å². The van der Waals surface area contributed by atoms with E-state index in [2.05, 4.69) is 0 Å². The highest BCUT2D eigenvalue weighted by Crippen LogP contribution is 2.15. The van der Waals surface area contributed by atoms with Crippen LogP contribution in [0.2, 0.25) is 0 Å². The summed E-state index contributed by atoms with van der Waals surface area (Å²) in [6, 6.07) is -0.536. The van der Waals surface area contributed by atoms with Gasteiger partial charge in [-0.15, -0.1) is 12.4 Å². The van der Waals surface area contributed by atoms with Crippen LogP contribution < -0.4 is 5.73 Å². The molecule has 0 aromatic rings. The highest BCUT2D eigenvalue weighted by Gasteiger charge is 2.21. The summed E-state index contributed by atoms with van der Waals surface area (Å²) in [5, 5.41) is 0. The normalized spacial score (nSPS) is 14.9. The number of allylic oxidation sites excluding steroid dienone is 1. The van der Waals surface area contributed by atoms with Crippen molar-refractivity contribution in [2.24, 2.45) is 5.73 Å². The summed E-state index contributed by atoms with van der Waals surface area (Å²) in [5.41, 5.74) is 5.01. The van der Waals surface area contributed by atoms with Crippen molar-refractivity contribution in [2.75, 3.05) is 0 Å². The molecule has 62 valence electrons. The van der Waals surface area contributed by atoms with E-state index in [1.165, 1.54) is 6.92 Å². The van der Waals surface area contributed by atoms with Gasteiger partial charge in [-0.25, -0.2) is 0 Å². The van der Waals surface area contributed by atoms with E-state index < -0.39 is 12.2 Å². The third-order valence-corrected chi connectivity index (χ3v) is 0.589. The molecule has 0 fully saturated rings. The molecule has 0 radical (unpaired) electrons. The first-order valence-electron chi connectivity index (χ1n) is 2.43. The summed E-state index contributed by atoms with van der Waals surface area (Å²) in [5.74, 6) is 0. The molecule has 0 aliphatic rings. The second kappa shape index (κ2) is 4.57. The zero-order chi connectivity index (χ0) is 7.49. The third-order valence-electron chi connectivity index (χ3n) is 0.589. The minimum Gasteiger partial charge on any atom is -0.325 e. The average Bonchev–Trinajstić information content (AvgIpc) is 1.59. The van der Waals surface area contributed by atoms with E-state index in [0.29, 0.717) is 0 Å². The summed E-state index contributed by atoms with van der Waals surface area (Å²) >= 11 is 0. The number of alkyl halides is 3. The Hall–Kier alpha value is -0.220. The molecule has 10 heavy (non-hydrogen) atoms. The Balaban J connectivity index is 0. The van der Waals surface area contributed by atoms with Crippen LogP contribution in [0, 0.1) is 0 Å². The Labute approximate surface area is 63.5 Å². The van der Waals surface area contributed by atoms with E-state index in [0.717, 1.165) is 6.08 Å². The quantitative estimate of drug-likeness (QED) is 0.605. The Morgan fingerprint density at radius 2 is 1.80 bits per heavy atom. The molecule has 1 nitrogen and oxygen atoms in total. The lowest BCUT2D eigenvalue weighted by Crippen LogP contribution is -2.12. The van der Waals surface area contributed by atoms with Crippen molar-refractivity contribution in [3.05, 3.63) is 12.2 Å². The molecule has 0 aromatic carbocycles. The van der Waals surface area contributed by atoms with Gasteiger partial charge >= 0.3 is 6.18 Å². The van der Waals surface area contributed by atoms with E-state index in [9.17, 15) is 13.2 Å². The molecule has 0 bridgehead atoms. The SMILES string of the molecule is CC(N)C=CC(F)(F)F.Cl. The summed E-state index contributed by atoms with van der Waals surface area (Å²) in [6.45, 7) is 1.47. The van der Waals surface area contributed by atoms with Gasteiger partial charge in [0.15, 0.2) is 0 Å². The number of hydrogen-bond donors (Lipinski definition) is 1. The topological polar surface area (TPSA) is 26.0 Å². The Morgan fingerprint density at radius 3 is 1.90 bits per heavy atom. The Kier molecular flexibility index (Phi) is 5.70. The van der Waals surface area contributed by atoms with Crippen molar-refractivity contribution < 1.29 is 13.2 Å². The molecule has 1 atom stereocenters. The largest absolute Gasteiger partial charge is 0.409 e. The number of hydrogen-bond acceptors (Lipinski definition) is 1. The fourth-order valence-electron chi connectivity index (χ4n) is 0.261. The van der Waals surface area contributed by atoms with Gasteiger partial charge in [0.25, 0.3) is 0 Å². The van der Waals surface area contributed by atoms with Gasteiger partial charge in [0.05, 0.1) is 0 Å². The Bertz CT molecular complexity index is 108. The van der Waals surface area contributed by atoms with Crippen molar-refractivity contribution in [2.45, 2.75) is 19.1 Å². The van der Waals surface area contributed by atoms with Crippen molar-refractivity contribution in [3.8, 4) is 0 Å². The van der Waals surface area contributed by atoms with Gasteiger partial charge in [-0.05, 0) is 6.92 Å². The molecule has 0 heterocycles. The highest BCUT2D eigenvalue weighted by molar-refractivity contribution is 5.85. The summed E-state index contributed by atoms with van der Waals surface area (Å²) in [6.07, 6.45) is -3.19. The Morgan fingerprint density at radius 1 is 1.40 bits per heavy atom. The van der Waals surface area contributed by atoms with Crippen LogP contribution in [0.3, 0.4) is 0 Å². The lowest BCUT2D eigenvalue weighted by atomic mass is 10.3. The molecular formula is C5H9ClF3N. The van der Waals surface area contributed by atoms with Gasteiger partial charge in [-0.3, -0.25) is 0 Å². The third kappa shape index (κ3) is 10.7. The van der Waals surface area contributed by atoms with Crippen LogP contribution in [0.1, 0.15) is 6.92 Å². The molecule has 0 rings (SSSR count). The van der Waals surface area contributed by atoms with E-state index in [1.54, 1.807) is 0 Å². The zero-order valence-corrected chi connectivity index (χ0v) is 6.17. The molecule has 0 aliphatic carbocycles. The number of rotatable bonds is 1. The standard InChI is InChI=1S/C5H8F3N.ClH/c1-4(9)2-3-5(6,7)8;/h2-4H,9H2,1H3;1H. The number of halogens is 4. The second-order valence-corrected chi connectivity index (χ2v) is 1.76. The van der Waals surface area contributed by atoms with Gasteiger partial charge in [0.2, 0.25) is 0 Å². The van der Waals surface area contributed by atoms with E-state index in [4.69, 9.17) is 5.73 Å². The van der Waals surface area contributed by atoms with Gasteiger partial charge in [-0.2, -0.15) is 13.2 Å². The van der Waals surface area contributed by atoms with Crippen LogP contribution in [0.5, 0.6) is 0 Å². The van der Waals surface area contributed by atoms with Gasteiger partial charge in [0.1, 0.15) is 0 Å². The van der Waals surface area contributed by atoms with Crippen molar-refractivity contribution in [1.82, 2.24) is 0 Å². The maximum atomic E-state index is 11.3. The van der Waals surface area contributed by atoms with Crippen molar-refractivity contribution in [3.63, 3.8) is 0 Å². The number of nitrogens with two attached hydrogens (primary N) is 1. The molecule has 0 spiro atoms. The molecular weight excluding hydrogens is 167 g/mol. The average molecular weight is 176 g/mol. The molecule has 0 aliphatic heterocycles. The summed E-state index contributed by atoms with van der Waals surface area (Å²) in [4.78, 5) is 0. The zero-order valence-electron chi connectivity index (χ0n) is 5.35. The molecule has 1 unspecified atom stereocenters. The molecule has 0 aromatic heterocycles. The van der Waals surface area contributed by atoms with Crippen LogP contribution in [0.25, 0.3) is 0 Å². The van der Waals surface area contributed by atoms with Crippen LogP contribution in [0.15, 0.2) is 12.2 Å². The van der Waals surface area contributed by atoms with Crippen LogP contribution in [-0.2, 0) is 0 Å². The molecule has 0 amide bonds. The van der Waals surface area contributed by atoms with Crippen molar-refractivity contribution >= 4 is 12.4 Å². The minimum absolute atomic E-state index is 0. The fraction of sp³-hybridized carbons (Fsp3) is 0.600. The van der Waals surface area contributed by atoms with Gasteiger partial charge in [-0.1, -0.05) is 6.08 Å². The van der Waals surface area contributed by atoms with E-state index in [-0.39, 0.29) is 18.5 Å². The maximum Gasteiger partial charge on any atom is 0.409 e. The van der Waals surface area contributed by atoms with Gasteiger partial charge < -0.3 is 5.73 Å². The lowest BCUT2D eigenvalue weighted by molar-refractivity contribution is -0.0800. The minimum atomic E-state index is -4.23. The fourth-order valence-corrected chi connectivity index (χ4v) is 0.261. The first kappa shape index (κ1) is 12.5.